The monoisotopic (exact) mass is 257 g/mol. The lowest BCUT2D eigenvalue weighted by atomic mass is 9.90. The molecule has 1 aromatic rings. The summed E-state index contributed by atoms with van der Waals surface area (Å²) in [7, 11) is 0. The quantitative estimate of drug-likeness (QED) is 0.813. The predicted octanol–water partition coefficient (Wildman–Crippen LogP) is 2.61. The summed E-state index contributed by atoms with van der Waals surface area (Å²) in [5, 5.41) is 4.51. The number of benzene rings is 1. The molecule has 100 valence electrons. The maximum Gasteiger partial charge on any atom is 0.159 e. The van der Waals surface area contributed by atoms with E-state index in [0.717, 1.165) is 24.1 Å². The molecular weight excluding hydrogens is 238 g/mol. The van der Waals surface area contributed by atoms with Crippen LogP contribution in [0.4, 0.5) is 0 Å². The van der Waals surface area contributed by atoms with Crippen LogP contribution in [-0.2, 0) is 4.84 Å². The largest absolute Gasteiger partial charge is 0.282 e. The second-order valence-corrected chi connectivity index (χ2v) is 5.04. The van der Waals surface area contributed by atoms with E-state index in [4.69, 9.17) is 4.84 Å². The fraction of sp³-hybridized carbons (Fsp3) is 0.400. The molecule has 1 aliphatic carbocycles. The van der Waals surface area contributed by atoms with E-state index in [1.165, 1.54) is 29.7 Å². The van der Waals surface area contributed by atoms with Crippen LogP contribution in [0.5, 0.6) is 0 Å². The van der Waals surface area contributed by atoms with Crippen LogP contribution >= 0.6 is 0 Å². The molecule has 0 amide bonds. The molecule has 1 aromatic carbocycles. The Labute approximate surface area is 113 Å². The van der Waals surface area contributed by atoms with Crippen LogP contribution in [0.25, 0.3) is 0 Å². The highest BCUT2D eigenvalue weighted by atomic mass is 16.7. The van der Waals surface area contributed by atoms with Crippen LogP contribution in [0.1, 0.15) is 36.8 Å². The van der Waals surface area contributed by atoms with Crippen molar-refractivity contribution in [2.75, 3.05) is 6.73 Å². The van der Waals surface area contributed by atoms with Gasteiger partial charge in [0.05, 0.1) is 5.71 Å². The Bertz CT molecular complexity index is 517. The van der Waals surface area contributed by atoms with Crippen LogP contribution in [0.3, 0.4) is 0 Å². The second kappa shape index (κ2) is 5.45. The highest BCUT2D eigenvalue weighted by Gasteiger charge is 2.20. The molecule has 0 radical (unpaired) electrons. The van der Waals surface area contributed by atoms with E-state index in [0.29, 0.717) is 6.73 Å². The molecule has 0 spiro atoms. The average Bonchev–Trinajstić information content (AvgIpc) is 2.42. The molecule has 0 aromatic heterocycles. The van der Waals surface area contributed by atoms with Gasteiger partial charge >= 0.3 is 0 Å². The smallest absolute Gasteiger partial charge is 0.159 e. The van der Waals surface area contributed by atoms with Gasteiger partial charge in [0.1, 0.15) is 0 Å². The Morgan fingerprint density at radius 2 is 1.89 bits per heavy atom. The Hall–Kier alpha value is -1.81. The Kier molecular flexibility index (Phi) is 3.51. The van der Waals surface area contributed by atoms with Gasteiger partial charge in [-0.1, -0.05) is 29.8 Å². The number of hydrogen-bond donors (Lipinski definition) is 2. The van der Waals surface area contributed by atoms with Crippen molar-refractivity contribution in [1.29, 1.82) is 0 Å². The lowest BCUT2D eigenvalue weighted by Gasteiger charge is -2.24. The summed E-state index contributed by atoms with van der Waals surface area (Å²) in [4.78, 5) is 5.32. The Morgan fingerprint density at radius 1 is 1.11 bits per heavy atom. The molecule has 0 unspecified atom stereocenters. The van der Waals surface area contributed by atoms with Gasteiger partial charge in [-0.2, -0.15) is 5.10 Å². The molecule has 4 nitrogen and oxygen atoms in total. The van der Waals surface area contributed by atoms with Gasteiger partial charge in [-0.05, 0) is 32.6 Å². The van der Waals surface area contributed by atoms with Crippen molar-refractivity contribution in [3.8, 4) is 0 Å². The molecule has 0 saturated heterocycles. The van der Waals surface area contributed by atoms with Crippen LogP contribution < -0.4 is 10.9 Å². The van der Waals surface area contributed by atoms with E-state index < -0.39 is 0 Å². The summed E-state index contributed by atoms with van der Waals surface area (Å²) in [5.41, 5.74) is 12.0. The average molecular weight is 257 g/mol. The molecule has 0 fully saturated rings. The molecule has 0 saturated carbocycles. The molecule has 2 aliphatic rings. The first kappa shape index (κ1) is 12.2. The fourth-order valence-electron chi connectivity index (χ4n) is 2.56. The van der Waals surface area contributed by atoms with Crippen molar-refractivity contribution in [2.45, 2.75) is 32.6 Å². The Balaban J connectivity index is 2.02. The summed E-state index contributed by atoms with van der Waals surface area (Å²) in [6, 6.07) is 8.53. The van der Waals surface area contributed by atoms with Gasteiger partial charge in [0, 0.05) is 16.8 Å². The van der Waals surface area contributed by atoms with Crippen molar-refractivity contribution in [3.63, 3.8) is 0 Å². The van der Waals surface area contributed by atoms with E-state index in [1.807, 2.05) is 0 Å². The zero-order valence-corrected chi connectivity index (χ0v) is 11.2. The van der Waals surface area contributed by atoms with E-state index >= 15 is 0 Å². The molecule has 1 aliphatic heterocycles. The maximum atomic E-state index is 5.32. The molecule has 0 bridgehead atoms. The van der Waals surface area contributed by atoms with Crippen LogP contribution in [0.2, 0.25) is 0 Å². The normalized spacial score (nSPS) is 22.3. The van der Waals surface area contributed by atoms with Crippen molar-refractivity contribution in [2.24, 2.45) is 5.10 Å². The number of hydroxylamine groups is 1. The highest BCUT2D eigenvalue weighted by molar-refractivity contribution is 6.13. The number of nitrogens with zero attached hydrogens (tertiary/aromatic N) is 1. The van der Waals surface area contributed by atoms with Crippen molar-refractivity contribution in [3.05, 3.63) is 46.7 Å². The first-order valence-electron chi connectivity index (χ1n) is 6.82. The van der Waals surface area contributed by atoms with Crippen LogP contribution in [0.15, 0.2) is 40.6 Å². The summed E-state index contributed by atoms with van der Waals surface area (Å²) in [6.07, 6.45) is 4.52. The molecular formula is C15H19N3O. The topological polar surface area (TPSA) is 45.7 Å². The van der Waals surface area contributed by atoms with E-state index in [9.17, 15) is 0 Å². The number of hydrogen-bond acceptors (Lipinski definition) is 4. The summed E-state index contributed by atoms with van der Waals surface area (Å²) in [5.74, 6) is 0. The SMILES string of the molecule is Cc1ccc(/C2=N/NCONC3=C2CCCC3)cc1. The first-order chi connectivity index (χ1) is 9.34. The fourth-order valence-corrected chi connectivity index (χ4v) is 2.56. The lowest BCUT2D eigenvalue weighted by Crippen LogP contribution is -2.30. The zero-order chi connectivity index (χ0) is 13.1. The van der Waals surface area contributed by atoms with Gasteiger partial charge < -0.3 is 0 Å². The second-order valence-electron chi connectivity index (χ2n) is 5.04. The molecule has 1 heterocycles. The lowest BCUT2D eigenvalue weighted by molar-refractivity contribution is 0.0445. The van der Waals surface area contributed by atoms with Crippen LogP contribution in [0, 0.1) is 6.92 Å². The van der Waals surface area contributed by atoms with Gasteiger partial charge in [0.25, 0.3) is 0 Å². The number of aryl methyl sites for hydroxylation is 1. The zero-order valence-electron chi connectivity index (χ0n) is 11.2. The molecule has 4 heteroatoms. The third-order valence-electron chi connectivity index (χ3n) is 3.60. The number of rotatable bonds is 1. The van der Waals surface area contributed by atoms with Crippen molar-refractivity contribution < 1.29 is 4.84 Å². The molecule has 2 N–H and O–H groups in total. The maximum absolute atomic E-state index is 5.32. The van der Waals surface area contributed by atoms with E-state index in [-0.39, 0.29) is 0 Å². The molecule has 3 rings (SSSR count). The minimum absolute atomic E-state index is 0.381. The van der Waals surface area contributed by atoms with Gasteiger partial charge in [-0.15, -0.1) is 0 Å². The number of allylic oxidation sites excluding steroid dienone is 2. The van der Waals surface area contributed by atoms with Crippen LogP contribution in [-0.4, -0.2) is 12.4 Å². The van der Waals surface area contributed by atoms with E-state index in [1.54, 1.807) is 0 Å². The minimum atomic E-state index is 0.381. The molecule has 0 atom stereocenters. The number of hydrazone groups is 1. The number of nitrogens with one attached hydrogen (secondary N) is 2. The van der Waals surface area contributed by atoms with Gasteiger partial charge in [0.15, 0.2) is 6.73 Å². The van der Waals surface area contributed by atoms with Gasteiger partial charge in [-0.3, -0.25) is 15.7 Å². The highest BCUT2D eigenvalue weighted by Crippen LogP contribution is 2.27. The minimum Gasteiger partial charge on any atom is -0.282 e. The summed E-state index contributed by atoms with van der Waals surface area (Å²) in [6.45, 7) is 2.48. The van der Waals surface area contributed by atoms with E-state index in [2.05, 4.69) is 47.2 Å². The Morgan fingerprint density at radius 3 is 2.74 bits per heavy atom. The first-order valence-corrected chi connectivity index (χ1v) is 6.82. The third kappa shape index (κ3) is 2.63. The summed E-state index contributed by atoms with van der Waals surface area (Å²) < 4.78 is 0. The third-order valence-corrected chi connectivity index (χ3v) is 3.60. The summed E-state index contributed by atoms with van der Waals surface area (Å²) >= 11 is 0. The van der Waals surface area contributed by atoms with Crippen molar-refractivity contribution in [1.82, 2.24) is 10.9 Å². The van der Waals surface area contributed by atoms with Gasteiger partial charge in [-0.25, -0.2) is 0 Å². The van der Waals surface area contributed by atoms with Crippen molar-refractivity contribution >= 4 is 5.71 Å². The predicted molar refractivity (Wildman–Crippen MR) is 75.4 cm³/mol. The molecule has 19 heavy (non-hydrogen) atoms. The standard InChI is InChI=1S/C15H19N3O/c1-11-6-8-12(9-7-11)15-13-4-2-3-5-14(13)18-19-10-16-17-15/h6-9,16,18H,2-5,10H2,1H3/b17-15-. The van der Waals surface area contributed by atoms with Gasteiger partial charge in [0.2, 0.25) is 0 Å².